The molecule has 0 radical (unpaired) electrons. The average Bonchev–Trinajstić information content (AvgIpc) is 2.58. The molecule has 130 valence electrons. The van der Waals surface area contributed by atoms with E-state index in [1.165, 1.54) is 0 Å². The number of rotatable bonds is 7. The Morgan fingerprint density at radius 1 is 0.920 bits per heavy atom. The molecule has 0 aliphatic rings. The highest BCUT2D eigenvalue weighted by molar-refractivity contribution is 5.98. The molecular formula is C20H21NO4. The molecule has 0 aliphatic carbocycles. The Morgan fingerprint density at radius 3 is 2.32 bits per heavy atom. The number of Topliss-reactive ketones (excluding diaryl/α,β-unsaturated/α-hetero) is 1. The van der Waals surface area contributed by atoms with Gasteiger partial charge in [0, 0.05) is 17.7 Å². The van der Waals surface area contributed by atoms with E-state index in [9.17, 15) is 14.4 Å². The minimum absolute atomic E-state index is 0.0512. The second-order valence-corrected chi connectivity index (χ2v) is 5.87. The second kappa shape index (κ2) is 8.78. The van der Waals surface area contributed by atoms with Gasteiger partial charge in [0.15, 0.2) is 12.4 Å². The highest BCUT2D eigenvalue weighted by Gasteiger charge is 2.12. The molecule has 5 nitrogen and oxygen atoms in total. The summed E-state index contributed by atoms with van der Waals surface area (Å²) in [4.78, 5) is 35.4. The Labute approximate surface area is 147 Å². The Kier molecular flexibility index (Phi) is 6.46. The lowest BCUT2D eigenvalue weighted by atomic mass is 10.1. The lowest BCUT2D eigenvalue weighted by Gasteiger charge is -2.07. The summed E-state index contributed by atoms with van der Waals surface area (Å²) in [5.74, 6) is -1.11. The number of carbonyl (C=O) groups excluding carboxylic acids is 3. The summed E-state index contributed by atoms with van der Waals surface area (Å²) in [6.45, 7) is 3.49. The zero-order valence-electron chi connectivity index (χ0n) is 14.4. The Balaban J connectivity index is 1.72. The fourth-order valence-electron chi connectivity index (χ4n) is 2.24. The average molecular weight is 339 g/mol. The standard InChI is InChI=1S/C20H21NO4/c1-14-6-8-16(9-7-14)18(22)10-11-20(24)25-13-19(23)21-17-5-3-4-15(2)12-17/h3-9,12H,10-11,13H2,1-2H3,(H,21,23). The van der Waals surface area contributed by atoms with Crippen LogP contribution in [-0.2, 0) is 14.3 Å². The van der Waals surface area contributed by atoms with E-state index in [1.807, 2.05) is 44.2 Å². The van der Waals surface area contributed by atoms with Gasteiger partial charge >= 0.3 is 5.97 Å². The summed E-state index contributed by atoms with van der Waals surface area (Å²) in [6.07, 6.45) is 0.00578. The molecule has 5 heteroatoms. The van der Waals surface area contributed by atoms with E-state index < -0.39 is 11.9 Å². The summed E-state index contributed by atoms with van der Waals surface area (Å²) in [5, 5.41) is 2.65. The van der Waals surface area contributed by atoms with Crippen LogP contribution in [0.3, 0.4) is 0 Å². The van der Waals surface area contributed by atoms with Crippen LogP contribution in [0.2, 0.25) is 0 Å². The number of hydrogen-bond donors (Lipinski definition) is 1. The van der Waals surface area contributed by atoms with E-state index in [0.717, 1.165) is 11.1 Å². The van der Waals surface area contributed by atoms with Gasteiger partial charge in [0.1, 0.15) is 0 Å². The lowest BCUT2D eigenvalue weighted by Crippen LogP contribution is -2.21. The van der Waals surface area contributed by atoms with Gasteiger partial charge in [-0.3, -0.25) is 14.4 Å². The molecule has 1 N–H and O–H groups in total. The van der Waals surface area contributed by atoms with Crippen LogP contribution in [0.1, 0.15) is 34.3 Å². The van der Waals surface area contributed by atoms with Crippen LogP contribution in [0.4, 0.5) is 5.69 Å². The number of ether oxygens (including phenoxy) is 1. The molecule has 25 heavy (non-hydrogen) atoms. The lowest BCUT2D eigenvalue weighted by molar-refractivity contribution is -0.147. The highest BCUT2D eigenvalue weighted by Crippen LogP contribution is 2.10. The summed E-state index contributed by atoms with van der Waals surface area (Å²) < 4.78 is 4.91. The topological polar surface area (TPSA) is 72.5 Å². The minimum atomic E-state index is -0.570. The van der Waals surface area contributed by atoms with E-state index >= 15 is 0 Å². The van der Waals surface area contributed by atoms with Crippen LogP contribution in [-0.4, -0.2) is 24.3 Å². The summed E-state index contributed by atoms with van der Waals surface area (Å²) in [5.41, 5.74) is 3.30. The molecule has 0 unspecified atom stereocenters. The number of esters is 1. The molecule has 0 saturated carbocycles. The van der Waals surface area contributed by atoms with Crippen molar-refractivity contribution in [1.82, 2.24) is 0 Å². The molecule has 2 rings (SSSR count). The van der Waals surface area contributed by atoms with E-state index in [2.05, 4.69) is 5.32 Å². The molecule has 0 heterocycles. The molecule has 1 amide bonds. The first-order chi connectivity index (χ1) is 11.9. The van der Waals surface area contributed by atoms with Gasteiger partial charge in [0.2, 0.25) is 0 Å². The van der Waals surface area contributed by atoms with Crippen molar-refractivity contribution in [3.63, 3.8) is 0 Å². The van der Waals surface area contributed by atoms with Crippen LogP contribution in [0.25, 0.3) is 0 Å². The molecule has 0 bridgehead atoms. The molecule has 0 aromatic heterocycles. The van der Waals surface area contributed by atoms with Crippen molar-refractivity contribution in [2.75, 3.05) is 11.9 Å². The van der Waals surface area contributed by atoms with E-state index in [-0.39, 0.29) is 25.2 Å². The fraction of sp³-hybridized carbons (Fsp3) is 0.250. The molecule has 0 aliphatic heterocycles. The number of nitrogens with one attached hydrogen (secondary N) is 1. The van der Waals surface area contributed by atoms with Gasteiger partial charge in [-0.15, -0.1) is 0 Å². The van der Waals surface area contributed by atoms with Crippen LogP contribution in [0.15, 0.2) is 48.5 Å². The van der Waals surface area contributed by atoms with E-state index in [4.69, 9.17) is 4.74 Å². The molecule has 0 fully saturated rings. The summed E-state index contributed by atoms with van der Waals surface area (Å²) in [6, 6.07) is 14.5. The number of benzene rings is 2. The SMILES string of the molecule is Cc1ccc(C(=O)CCC(=O)OCC(=O)Nc2cccc(C)c2)cc1. The molecule has 0 saturated heterocycles. The van der Waals surface area contributed by atoms with Crippen molar-refractivity contribution in [2.24, 2.45) is 0 Å². The third-order valence-corrected chi connectivity index (χ3v) is 3.60. The Morgan fingerprint density at radius 2 is 1.64 bits per heavy atom. The number of hydrogen-bond acceptors (Lipinski definition) is 4. The largest absolute Gasteiger partial charge is 0.456 e. The van der Waals surface area contributed by atoms with Crippen molar-refractivity contribution in [3.8, 4) is 0 Å². The smallest absolute Gasteiger partial charge is 0.306 e. The van der Waals surface area contributed by atoms with Crippen LogP contribution < -0.4 is 5.32 Å². The Bertz CT molecular complexity index is 766. The van der Waals surface area contributed by atoms with Gasteiger partial charge in [0.05, 0.1) is 6.42 Å². The van der Waals surface area contributed by atoms with Crippen molar-refractivity contribution < 1.29 is 19.1 Å². The number of anilines is 1. The van der Waals surface area contributed by atoms with E-state index in [0.29, 0.717) is 11.3 Å². The predicted molar refractivity (Wildman–Crippen MR) is 95.5 cm³/mol. The maximum Gasteiger partial charge on any atom is 0.306 e. The van der Waals surface area contributed by atoms with Crippen molar-refractivity contribution >= 4 is 23.3 Å². The number of ketones is 1. The molecule has 0 atom stereocenters. The molecule has 2 aromatic rings. The normalized spacial score (nSPS) is 10.2. The van der Waals surface area contributed by atoms with E-state index in [1.54, 1.807) is 18.2 Å². The maximum absolute atomic E-state index is 12.0. The third-order valence-electron chi connectivity index (χ3n) is 3.60. The van der Waals surface area contributed by atoms with Crippen molar-refractivity contribution in [2.45, 2.75) is 26.7 Å². The van der Waals surface area contributed by atoms with Gasteiger partial charge in [-0.25, -0.2) is 0 Å². The quantitative estimate of drug-likeness (QED) is 0.619. The van der Waals surface area contributed by atoms with Gasteiger partial charge in [0.25, 0.3) is 5.91 Å². The highest BCUT2D eigenvalue weighted by atomic mass is 16.5. The zero-order valence-corrected chi connectivity index (χ0v) is 14.4. The number of amides is 1. The number of carbonyl (C=O) groups is 3. The van der Waals surface area contributed by atoms with Gasteiger partial charge in [-0.05, 0) is 31.5 Å². The fourth-order valence-corrected chi connectivity index (χ4v) is 2.24. The summed E-state index contributed by atoms with van der Waals surface area (Å²) in [7, 11) is 0. The van der Waals surface area contributed by atoms with Crippen molar-refractivity contribution in [3.05, 3.63) is 65.2 Å². The predicted octanol–water partition coefficient (Wildman–Crippen LogP) is 3.45. The van der Waals surface area contributed by atoms with Crippen molar-refractivity contribution in [1.29, 1.82) is 0 Å². The number of aryl methyl sites for hydroxylation is 2. The Hall–Kier alpha value is -2.95. The first-order valence-corrected chi connectivity index (χ1v) is 8.06. The molecule has 2 aromatic carbocycles. The van der Waals surface area contributed by atoms with Gasteiger partial charge in [-0.1, -0.05) is 42.0 Å². The van der Waals surface area contributed by atoms with Gasteiger partial charge < -0.3 is 10.1 Å². The van der Waals surface area contributed by atoms with Gasteiger partial charge in [-0.2, -0.15) is 0 Å². The molecular weight excluding hydrogens is 318 g/mol. The minimum Gasteiger partial charge on any atom is -0.456 e. The zero-order chi connectivity index (χ0) is 18.2. The van der Waals surface area contributed by atoms with Crippen LogP contribution in [0.5, 0.6) is 0 Å². The third kappa shape index (κ3) is 6.22. The second-order valence-electron chi connectivity index (χ2n) is 5.87. The van der Waals surface area contributed by atoms with Crippen LogP contribution >= 0.6 is 0 Å². The molecule has 0 spiro atoms. The summed E-state index contributed by atoms with van der Waals surface area (Å²) >= 11 is 0. The first kappa shape index (κ1) is 18.4. The maximum atomic E-state index is 12.0. The van der Waals surface area contributed by atoms with Crippen LogP contribution in [0, 0.1) is 13.8 Å². The monoisotopic (exact) mass is 339 g/mol. The first-order valence-electron chi connectivity index (χ1n) is 8.06.